The lowest BCUT2D eigenvalue weighted by Gasteiger charge is -2.17. The summed E-state index contributed by atoms with van der Waals surface area (Å²) in [5.74, 6) is -0.00885. The van der Waals surface area contributed by atoms with Gasteiger partial charge < -0.3 is 15.5 Å². The van der Waals surface area contributed by atoms with E-state index in [0.29, 0.717) is 5.56 Å². The maximum atomic E-state index is 12.3. The van der Waals surface area contributed by atoms with Gasteiger partial charge in [-0.2, -0.15) is 0 Å². The number of anilines is 2. The van der Waals surface area contributed by atoms with E-state index in [9.17, 15) is 4.79 Å². The molecule has 0 spiro atoms. The number of amides is 1. The molecular formula is C24H23N3O. The number of para-hydroxylation sites is 1. The highest BCUT2D eigenvalue weighted by atomic mass is 16.2. The molecule has 1 aliphatic rings. The largest absolute Gasteiger partial charge is 0.380 e. The number of fused-ring (bicyclic) bond motifs is 1. The van der Waals surface area contributed by atoms with Gasteiger partial charge in [-0.3, -0.25) is 4.79 Å². The average Bonchev–Trinajstić information content (AvgIpc) is 3.16. The van der Waals surface area contributed by atoms with Crippen molar-refractivity contribution in [2.45, 2.75) is 0 Å². The molecule has 0 saturated carbocycles. The molecule has 4 nitrogen and oxygen atoms in total. The number of nitrogens with one attached hydrogen (secondary N) is 2. The molecule has 140 valence electrons. The number of hydrogen-bond donors (Lipinski definition) is 2. The number of hydrogen-bond acceptors (Lipinski definition) is 3. The Bertz CT molecular complexity index is 1040. The topological polar surface area (TPSA) is 44.4 Å². The Balaban J connectivity index is 1.78. The first-order chi connectivity index (χ1) is 13.6. The van der Waals surface area contributed by atoms with E-state index >= 15 is 0 Å². The summed E-state index contributed by atoms with van der Waals surface area (Å²) < 4.78 is 0. The first kappa shape index (κ1) is 17.9. The fourth-order valence-corrected chi connectivity index (χ4v) is 3.46. The molecular weight excluding hydrogens is 346 g/mol. The van der Waals surface area contributed by atoms with Gasteiger partial charge in [0.1, 0.15) is 0 Å². The summed E-state index contributed by atoms with van der Waals surface area (Å²) in [5.41, 5.74) is 7.28. The van der Waals surface area contributed by atoms with Gasteiger partial charge in [0.15, 0.2) is 0 Å². The SMILES string of the molecule is CN(C)C(=O)c1cccc(N/C(=C2\CNc3ccccc32)c2ccccc2)c1. The normalized spacial score (nSPS) is 14.1. The molecule has 1 aliphatic heterocycles. The Morgan fingerprint density at radius 2 is 1.61 bits per heavy atom. The van der Waals surface area contributed by atoms with Crippen LogP contribution in [-0.2, 0) is 0 Å². The number of nitrogens with zero attached hydrogens (tertiary/aromatic N) is 1. The van der Waals surface area contributed by atoms with Gasteiger partial charge >= 0.3 is 0 Å². The summed E-state index contributed by atoms with van der Waals surface area (Å²) in [6.45, 7) is 0.757. The lowest BCUT2D eigenvalue weighted by atomic mass is 10.0. The average molecular weight is 369 g/mol. The molecule has 0 aliphatic carbocycles. The number of carbonyl (C=O) groups excluding carboxylic acids is 1. The first-order valence-corrected chi connectivity index (χ1v) is 9.34. The molecule has 0 radical (unpaired) electrons. The molecule has 0 unspecified atom stereocenters. The summed E-state index contributed by atoms with van der Waals surface area (Å²) in [6.07, 6.45) is 0. The van der Waals surface area contributed by atoms with Crippen LogP contribution in [0.2, 0.25) is 0 Å². The Hall–Kier alpha value is -3.53. The van der Waals surface area contributed by atoms with Crippen LogP contribution in [0.15, 0.2) is 78.9 Å². The van der Waals surface area contributed by atoms with Crippen LogP contribution in [0.5, 0.6) is 0 Å². The smallest absolute Gasteiger partial charge is 0.253 e. The van der Waals surface area contributed by atoms with Crippen molar-refractivity contribution >= 4 is 28.6 Å². The van der Waals surface area contributed by atoms with E-state index in [1.807, 2.05) is 48.5 Å². The molecule has 4 rings (SSSR count). The van der Waals surface area contributed by atoms with Gasteiger partial charge in [-0.05, 0) is 29.8 Å². The van der Waals surface area contributed by atoms with Crippen molar-refractivity contribution in [1.82, 2.24) is 4.90 Å². The highest BCUT2D eigenvalue weighted by Crippen LogP contribution is 2.36. The highest BCUT2D eigenvalue weighted by molar-refractivity contribution is 6.02. The van der Waals surface area contributed by atoms with Crippen molar-refractivity contribution in [3.05, 3.63) is 95.6 Å². The van der Waals surface area contributed by atoms with Crippen LogP contribution in [0, 0.1) is 0 Å². The lowest BCUT2D eigenvalue weighted by Crippen LogP contribution is -2.21. The van der Waals surface area contributed by atoms with Crippen LogP contribution in [0.1, 0.15) is 21.5 Å². The fourth-order valence-electron chi connectivity index (χ4n) is 3.46. The molecule has 0 atom stereocenters. The van der Waals surface area contributed by atoms with Crippen molar-refractivity contribution in [2.24, 2.45) is 0 Å². The first-order valence-electron chi connectivity index (χ1n) is 9.34. The highest BCUT2D eigenvalue weighted by Gasteiger charge is 2.20. The van der Waals surface area contributed by atoms with Gasteiger partial charge in [0.25, 0.3) is 5.91 Å². The third-order valence-corrected chi connectivity index (χ3v) is 4.86. The molecule has 1 heterocycles. The van der Waals surface area contributed by atoms with E-state index in [0.717, 1.165) is 29.2 Å². The summed E-state index contributed by atoms with van der Waals surface area (Å²) in [5, 5.41) is 7.05. The summed E-state index contributed by atoms with van der Waals surface area (Å²) in [6, 6.07) is 26.3. The molecule has 1 amide bonds. The molecule has 3 aromatic carbocycles. The molecule has 28 heavy (non-hydrogen) atoms. The second-order valence-electron chi connectivity index (χ2n) is 7.02. The van der Waals surface area contributed by atoms with Gasteiger partial charge in [-0.25, -0.2) is 0 Å². The Kier molecular flexibility index (Phi) is 4.85. The minimum Gasteiger partial charge on any atom is -0.380 e. The van der Waals surface area contributed by atoms with Crippen LogP contribution >= 0.6 is 0 Å². The van der Waals surface area contributed by atoms with Gasteiger partial charge in [-0.1, -0.05) is 54.6 Å². The zero-order valence-corrected chi connectivity index (χ0v) is 16.1. The minimum absolute atomic E-state index is 0.00885. The van der Waals surface area contributed by atoms with Crippen LogP contribution in [0.3, 0.4) is 0 Å². The zero-order valence-electron chi connectivity index (χ0n) is 16.1. The maximum absolute atomic E-state index is 12.3. The zero-order chi connectivity index (χ0) is 19.5. The predicted octanol–water partition coefficient (Wildman–Crippen LogP) is 4.79. The van der Waals surface area contributed by atoms with E-state index in [-0.39, 0.29) is 5.91 Å². The Morgan fingerprint density at radius 3 is 2.39 bits per heavy atom. The Labute approximate surface area is 165 Å². The van der Waals surface area contributed by atoms with E-state index in [1.54, 1.807) is 19.0 Å². The molecule has 0 bridgehead atoms. The maximum Gasteiger partial charge on any atom is 0.253 e. The molecule has 0 saturated heterocycles. The molecule has 0 fully saturated rings. The summed E-state index contributed by atoms with van der Waals surface area (Å²) in [7, 11) is 3.53. The quantitative estimate of drug-likeness (QED) is 0.695. The van der Waals surface area contributed by atoms with E-state index in [2.05, 4.69) is 41.0 Å². The lowest BCUT2D eigenvalue weighted by molar-refractivity contribution is 0.0827. The van der Waals surface area contributed by atoms with Gasteiger partial charge in [0.05, 0.1) is 5.70 Å². The summed E-state index contributed by atoms with van der Waals surface area (Å²) in [4.78, 5) is 13.9. The molecule has 0 aromatic heterocycles. The van der Waals surface area contributed by atoms with Crippen LogP contribution in [0.4, 0.5) is 11.4 Å². The monoisotopic (exact) mass is 369 g/mol. The van der Waals surface area contributed by atoms with Gasteiger partial charge in [0, 0.05) is 48.7 Å². The summed E-state index contributed by atoms with van der Waals surface area (Å²) >= 11 is 0. The van der Waals surface area contributed by atoms with E-state index < -0.39 is 0 Å². The second-order valence-corrected chi connectivity index (χ2v) is 7.02. The minimum atomic E-state index is -0.00885. The third-order valence-electron chi connectivity index (χ3n) is 4.86. The number of rotatable bonds is 4. The van der Waals surface area contributed by atoms with E-state index in [4.69, 9.17) is 0 Å². The van der Waals surface area contributed by atoms with Crippen LogP contribution in [0.25, 0.3) is 11.3 Å². The van der Waals surface area contributed by atoms with Crippen molar-refractivity contribution < 1.29 is 4.79 Å². The van der Waals surface area contributed by atoms with Crippen molar-refractivity contribution in [3.8, 4) is 0 Å². The molecule has 2 N–H and O–H groups in total. The van der Waals surface area contributed by atoms with Crippen LogP contribution < -0.4 is 10.6 Å². The third kappa shape index (κ3) is 3.49. The van der Waals surface area contributed by atoms with Crippen LogP contribution in [-0.4, -0.2) is 31.4 Å². The standard InChI is InChI=1S/C24H23N3O/c1-27(2)24(28)18-11-8-12-19(15-18)26-23(17-9-4-3-5-10-17)21-16-25-22-14-7-6-13-20(21)22/h3-15,25-26H,16H2,1-2H3/b23-21+. The predicted molar refractivity (Wildman–Crippen MR) is 116 cm³/mol. The molecule has 4 heteroatoms. The van der Waals surface area contributed by atoms with Gasteiger partial charge in [0.2, 0.25) is 0 Å². The number of benzene rings is 3. The fraction of sp³-hybridized carbons (Fsp3) is 0.125. The number of carbonyl (C=O) groups is 1. The van der Waals surface area contributed by atoms with E-state index in [1.165, 1.54) is 11.1 Å². The molecule has 3 aromatic rings. The second kappa shape index (κ2) is 7.61. The van der Waals surface area contributed by atoms with Crippen molar-refractivity contribution in [3.63, 3.8) is 0 Å². The Morgan fingerprint density at radius 1 is 0.893 bits per heavy atom. The van der Waals surface area contributed by atoms with Crippen molar-refractivity contribution in [2.75, 3.05) is 31.3 Å². The van der Waals surface area contributed by atoms with Gasteiger partial charge in [-0.15, -0.1) is 0 Å². The van der Waals surface area contributed by atoms with Crippen molar-refractivity contribution in [1.29, 1.82) is 0 Å².